The Morgan fingerprint density at radius 1 is 0.463 bits per heavy atom. The number of hydrogen-bond donors (Lipinski definition) is 0. The summed E-state index contributed by atoms with van der Waals surface area (Å²) in [6, 6.07) is 28.3. The Morgan fingerprint density at radius 2 is 0.854 bits per heavy atom. The van der Waals surface area contributed by atoms with E-state index in [1.165, 1.54) is 54.4 Å². The smallest absolute Gasteiger partial charge is 0.127 e. The van der Waals surface area contributed by atoms with Gasteiger partial charge < -0.3 is 23.7 Å². The number of methoxy groups -OCH3 is 4. The van der Waals surface area contributed by atoms with Crippen LogP contribution in [0.1, 0.15) is 54.4 Å². The molecule has 0 aromatic heterocycles. The van der Waals surface area contributed by atoms with Gasteiger partial charge in [0.05, 0.1) is 28.4 Å². The van der Waals surface area contributed by atoms with Crippen LogP contribution in [0.2, 0.25) is 0 Å². The second-order valence-electron chi connectivity index (χ2n) is 10.5. The predicted octanol–water partition coefficient (Wildman–Crippen LogP) is 9.07. The molecule has 0 heterocycles. The topological polar surface area (TPSA) is 46.2 Å². The van der Waals surface area contributed by atoms with Crippen molar-refractivity contribution in [2.75, 3.05) is 28.4 Å². The number of aryl methyl sites for hydroxylation is 2. The zero-order valence-corrected chi connectivity index (χ0v) is 25.2. The largest absolute Gasteiger partial charge is 0.497 e. The van der Waals surface area contributed by atoms with Crippen molar-refractivity contribution in [3.63, 3.8) is 0 Å². The lowest BCUT2D eigenvalue weighted by Crippen LogP contribution is -2.30. The molecule has 5 rings (SSSR count). The Balaban J connectivity index is 0.000000201. The van der Waals surface area contributed by atoms with E-state index in [1.54, 1.807) is 28.4 Å². The highest BCUT2D eigenvalue weighted by molar-refractivity contribution is 5.48. The number of ether oxygens (including phenoxy) is 5. The maximum atomic E-state index is 5.67. The summed E-state index contributed by atoms with van der Waals surface area (Å²) in [6.45, 7) is 4.27. The van der Waals surface area contributed by atoms with Crippen molar-refractivity contribution in [1.82, 2.24) is 0 Å². The van der Waals surface area contributed by atoms with E-state index in [0.29, 0.717) is 0 Å². The normalized spacial score (nSPS) is 13.8. The van der Waals surface area contributed by atoms with Crippen molar-refractivity contribution >= 4 is 0 Å². The van der Waals surface area contributed by atoms with E-state index in [4.69, 9.17) is 23.7 Å². The fourth-order valence-corrected chi connectivity index (χ4v) is 5.68. The molecule has 0 amide bonds. The van der Waals surface area contributed by atoms with Gasteiger partial charge in [-0.05, 0) is 110 Å². The van der Waals surface area contributed by atoms with Crippen LogP contribution in [0.25, 0.3) is 0 Å². The molecule has 5 nitrogen and oxygen atoms in total. The van der Waals surface area contributed by atoms with Gasteiger partial charge in [0.1, 0.15) is 34.5 Å². The fraction of sp³-hybridized carbons (Fsp3) is 0.333. The molecule has 0 spiro atoms. The van der Waals surface area contributed by atoms with Crippen LogP contribution < -0.4 is 23.7 Å². The average molecular weight is 555 g/mol. The quantitative estimate of drug-likeness (QED) is 0.217. The maximum absolute atomic E-state index is 5.67. The van der Waals surface area contributed by atoms with Crippen LogP contribution in [0.4, 0.5) is 0 Å². The first-order chi connectivity index (χ1) is 19.9. The maximum Gasteiger partial charge on any atom is 0.127 e. The third kappa shape index (κ3) is 7.15. The number of benzene rings is 4. The van der Waals surface area contributed by atoms with Crippen molar-refractivity contribution in [3.8, 4) is 34.5 Å². The third-order valence-corrected chi connectivity index (χ3v) is 7.96. The summed E-state index contributed by atoms with van der Waals surface area (Å²) in [6.07, 6.45) is 6.34. The minimum Gasteiger partial charge on any atom is -0.497 e. The molecule has 0 atom stereocenters. The van der Waals surface area contributed by atoms with Gasteiger partial charge in [-0.2, -0.15) is 0 Å². The molecule has 0 radical (unpaired) electrons. The van der Waals surface area contributed by atoms with E-state index >= 15 is 0 Å². The van der Waals surface area contributed by atoms with E-state index in [2.05, 4.69) is 50.2 Å². The Labute approximate surface area is 245 Å². The highest BCUT2D eigenvalue weighted by atomic mass is 16.5. The molecule has 216 valence electrons. The Bertz CT molecular complexity index is 1290. The lowest BCUT2D eigenvalue weighted by Gasteiger charge is -2.39. The zero-order chi connectivity index (χ0) is 29.2. The van der Waals surface area contributed by atoms with Crippen LogP contribution in [-0.4, -0.2) is 28.4 Å². The molecule has 0 N–H and O–H groups in total. The molecular formula is C36H42O5. The lowest BCUT2D eigenvalue weighted by molar-refractivity contribution is 0.344. The highest BCUT2D eigenvalue weighted by Gasteiger charge is 2.36. The van der Waals surface area contributed by atoms with Gasteiger partial charge in [-0.25, -0.2) is 0 Å². The third-order valence-electron chi connectivity index (χ3n) is 7.96. The molecule has 0 unspecified atom stereocenters. The lowest BCUT2D eigenvalue weighted by atomic mass is 9.65. The first-order valence-corrected chi connectivity index (χ1v) is 14.2. The SMILES string of the molecule is COc1ccc(C2(c3ccc(OC)c(C)c3)CCCCC2)cc1C.COc1ccc(Oc2ccc(OC)cc2)cc1. The molecule has 41 heavy (non-hydrogen) atoms. The minimum atomic E-state index is 0.117. The standard InChI is InChI=1S/C22H28O2.C14H14O3/c1-16-14-18(8-10-20(16)23-3)22(12-6-5-7-13-22)19-9-11-21(24-4)17(2)15-19;1-15-11-3-7-13(8-4-11)17-14-9-5-12(16-2)6-10-14/h8-11,14-15H,5-7,12-13H2,1-4H3;3-10H,1-2H3. The van der Waals surface area contributed by atoms with E-state index < -0.39 is 0 Å². The van der Waals surface area contributed by atoms with Gasteiger partial charge in [0, 0.05) is 5.41 Å². The molecule has 4 aromatic rings. The van der Waals surface area contributed by atoms with Crippen LogP contribution >= 0.6 is 0 Å². The van der Waals surface area contributed by atoms with Gasteiger partial charge in [0.2, 0.25) is 0 Å². The Kier molecular flexibility index (Phi) is 10.2. The van der Waals surface area contributed by atoms with Crippen molar-refractivity contribution in [3.05, 3.63) is 107 Å². The fourth-order valence-electron chi connectivity index (χ4n) is 5.68. The Hall–Kier alpha value is -4.12. The summed E-state index contributed by atoms with van der Waals surface area (Å²) in [5.74, 6) is 5.11. The van der Waals surface area contributed by atoms with Gasteiger partial charge in [-0.15, -0.1) is 0 Å². The van der Waals surface area contributed by atoms with Gasteiger partial charge in [-0.1, -0.05) is 43.5 Å². The molecule has 1 fully saturated rings. The van der Waals surface area contributed by atoms with Crippen molar-refractivity contribution in [2.45, 2.75) is 51.4 Å². The molecular weight excluding hydrogens is 512 g/mol. The van der Waals surface area contributed by atoms with Crippen molar-refractivity contribution in [2.24, 2.45) is 0 Å². The first kappa shape index (κ1) is 29.9. The summed E-state index contributed by atoms with van der Waals surface area (Å²) < 4.78 is 26.7. The van der Waals surface area contributed by atoms with E-state index in [-0.39, 0.29) is 5.41 Å². The van der Waals surface area contributed by atoms with E-state index in [9.17, 15) is 0 Å². The first-order valence-electron chi connectivity index (χ1n) is 14.2. The molecule has 5 heteroatoms. The van der Waals surface area contributed by atoms with Gasteiger partial charge in [0.25, 0.3) is 0 Å². The molecule has 0 aliphatic heterocycles. The number of hydrogen-bond acceptors (Lipinski definition) is 5. The van der Waals surface area contributed by atoms with Crippen LogP contribution in [0, 0.1) is 13.8 Å². The van der Waals surface area contributed by atoms with Gasteiger partial charge >= 0.3 is 0 Å². The summed E-state index contributed by atoms with van der Waals surface area (Å²) in [5, 5.41) is 0. The van der Waals surface area contributed by atoms with E-state index in [1.807, 2.05) is 48.5 Å². The number of rotatable bonds is 8. The summed E-state index contributed by atoms with van der Waals surface area (Å²) >= 11 is 0. The van der Waals surface area contributed by atoms with Crippen LogP contribution in [0.3, 0.4) is 0 Å². The minimum absolute atomic E-state index is 0.117. The van der Waals surface area contributed by atoms with Crippen LogP contribution in [0.5, 0.6) is 34.5 Å². The van der Waals surface area contributed by atoms with Crippen molar-refractivity contribution < 1.29 is 23.7 Å². The molecule has 1 aliphatic carbocycles. The molecule has 0 bridgehead atoms. The average Bonchev–Trinajstić information content (AvgIpc) is 3.02. The zero-order valence-electron chi connectivity index (χ0n) is 25.2. The molecule has 0 saturated heterocycles. The second kappa shape index (κ2) is 14.0. The van der Waals surface area contributed by atoms with Crippen molar-refractivity contribution in [1.29, 1.82) is 0 Å². The van der Waals surface area contributed by atoms with Crippen LogP contribution in [0.15, 0.2) is 84.9 Å². The monoisotopic (exact) mass is 554 g/mol. The van der Waals surface area contributed by atoms with E-state index in [0.717, 1.165) is 34.5 Å². The molecule has 4 aromatic carbocycles. The Morgan fingerprint density at radius 3 is 1.20 bits per heavy atom. The summed E-state index contributed by atoms with van der Waals surface area (Å²) in [4.78, 5) is 0. The van der Waals surface area contributed by atoms with Gasteiger partial charge in [0.15, 0.2) is 0 Å². The summed E-state index contributed by atoms with van der Waals surface area (Å²) in [7, 11) is 6.76. The highest BCUT2D eigenvalue weighted by Crippen LogP contribution is 2.46. The summed E-state index contributed by atoms with van der Waals surface area (Å²) in [5.41, 5.74) is 5.39. The second-order valence-corrected chi connectivity index (χ2v) is 10.5. The van der Waals surface area contributed by atoms with Gasteiger partial charge in [-0.3, -0.25) is 0 Å². The molecule has 1 aliphatic rings. The predicted molar refractivity (Wildman–Crippen MR) is 165 cm³/mol. The molecule has 1 saturated carbocycles. The van der Waals surface area contributed by atoms with Crippen LogP contribution in [-0.2, 0) is 5.41 Å².